The Hall–Kier alpha value is -6.78. The van der Waals surface area contributed by atoms with Gasteiger partial charge in [0.15, 0.2) is 0 Å². The highest BCUT2D eigenvalue weighted by Gasteiger charge is 2.49. The number of hydrogen-bond donors (Lipinski definition) is 0. The van der Waals surface area contributed by atoms with Crippen molar-refractivity contribution < 1.29 is 4.11 Å². The lowest BCUT2D eigenvalue weighted by Gasteiger charge is -2.46. The van der Waals surface area contributed by atoms with Gasteiger partial charge in [-0.15, -0.1) is 0 Å². The maximum Gasteiger partial charge on any atom is 0.252 e. The van der Waals surface area contributed by atoms with Gasteiger partial charge in [-0.05, 0) is 232 Å². The highest BCUT2D eigenvalue weighted by molar-refractivity contribution is 7.00. The van der Waals surface area contributed by atoms with E-state index in [4.69, 9.17) is 0 Å². The van der Waals surface area contributed by atoms with Gasteiger partial charge in [0.1, 0.15) is 0 Å². The first-order valence-electron chi connectivity index (χ1n) is 32.9. The fraction of sp³-hybridized carbons (Fsp3) is 0.400. The van der Waals surface area contributed by atoms with Crippen LogP contribution in [0.15, 0.2) is 140 Å². The average molecular weight is 1110 g/mol. The van der Waals surface area contributed by atoms with Gasteiger partial charge in [-0.2, -0.15) is 0 Å². The second-order valence-corrected chi connectivity index (χ2v) is 32.4. The summed E-state index contributed by atoms with van der Waals surface area (Å²) in [6.07, 6.45) is 3.24. The van der Waals surface area contributed by atoms with Crippen molar-refractivity contribution in [3.05, 3.63) is 201 Å². The van der Waals surface area contributed by atoms with Crippen molar-refractivity contribution in [2.75, 3.05) is 14.7 Å². The molecule has 0 spiro atoms. The monoisotopic (exact) mass is 1110 g/mol. The van der Waals surface area contributed by atoms with Gasteiger partial charge in [0.2, 0.25) is 0 Å². The normalized spacial score (nSPS) is 18.8. The standard InChI is InChI=1S/C80H92BN3/c1-48-38-70-72-71(39-48)84(67-45-63-61(40-49(67)2)76(12,13)36-37-77(63,14)15)69-46-64-62(78(16,17)47-79(64,18)19)44-66(69)81(72)65-35-32-56(82(53-27-22-50(23-28-53)73(3,4)5)54-29-24-51(25-30-54)74(6,7)8)43-68(65)83(70)55-31-34-59-58(42-55)57-33-26-52(75(9,10)11)41-60(57)80(59,20)21/h22-35,38-46H,36-37,47H2,1-21H3/i1D3. The molecule has 4 heteroatoms. The zero-order chi connectivity index (χ0) is 62.6. The third-order valence-electron chi connectivity index (χ3n) is 21.0. The van der Waals surface area contributed by atoms with E-state index in [1.807, 2.05) is 12.1 Å². The van der Waals surface area contributed by atoms with Crippen LogP contribution >= 0.6 is 0 Å². The Morgan fingerprint density at radius 1 is 0.417 bits per heavy atom. The first-order chi connectivity index (χ1) is 40.3. The largest absolute Gasteiger partial charge is 0.311 e. The van der Waals surface area contributed by atoms with Crippen molar-refractivity contribution >= 4 is 74.3 Å². The Labute approximate surface area is 510 Å². The molecule has 0 saturated heterocycles. The molecule has 3 nitrogen and oxygen atoms in total. The van der Waals surface area contributed by atoms with Gasteiger partial charge in [0, 0.05) is 60.7 Å². The number of anilines is 9. The third-order valence-corrected chi connectivity index (χ3v) is 21.0. The van der Waals surface area contributed by atoms with Crippen LogP contribution in [0.25, 0.3) is 11.1 Å². The minimum absolute atomic E-state index is 0.0101. The predicted octanol–water partition coefficient (Wildman–Crippen LogP) is 20.4. The van der Waals surface area contributed by atoms with E-state index in [2.05, 4.69) is 281 Å². The third kappa shape index (κ3) is 8.62. The number of rotatable bonds is 5. The van der Waals surface area contributed by atoms with Crippen molar-refractivity contribution in [1.82, 2.24) is 0 Å². The van der Waals surface area contributed by atoms with Gasteiger partial charge >= 0.3 is 0 Å². The van der Waals surface area contributed by atoms with E-state index >= 15 is 0 Å². The zero-order valence-electron chi connectivity index (χ0n) is 57.3. The van der Waals surface area contributed by atoms with Gasteiger partial charge in [0.25, 0.3) is 6.71 Å². The van der Waals surface area contributed by atoms with Crippen molar-refractivity contribution in [2.45, 2.75) is 208 Å². The lowest BCUT2D eigenvalue weighted by molar-refractivity contribution is 0.332. The highest BCUT2D eigenvalue weighted by atomic mass is 15.2. The van der Waals surface area contributed by atoms with Crippen molar-refractivity contribution in [2.24, 2.45) is 0 Å². The minimum atomic E-state index is -2.43. The molecule has 84 heavy (non-hydrogen) atoms. The van der Waals surface area contributed by atoms with Crippen molar-refractivity contribution in [3.8, 4) is 11.1 Å². The molecule has 2 heterocycles. The molecule has 0 saturated carbocycles. The van der Waals surface area contributed by atoms with E-state index < -0.39 is 6.85 Å². The SMILES string of the molecule is [2H]C([2H])([2H])c1cc2c3c(c1)N(c1cc4c(cc1C)C(C)(C)CCC4(C)C)c1cc4c(cc1B3c1ccc(N(c3ccc(C(C)(C)C)cc3)c3ccc(C(C)(C)C)cc3)cc1N2c1ccc2c(c1)-c1ccc(C(C)(C)C)cc1C2(C)C)C(C)(C)CC4(C)C. The number of fused-ring (bicyclic) bond motifs is 9. The second kappa shape index (κ2) is 18.1. The lowest BCUT2D eigenvalue weighted by Crippen LogP contribution is -2.61. The summed E-state index contributed by atoms with van der Waals surface area (Å²) in [6.45, 7) is 44.3. The van der Waals surface area contributed by atoms with Crippen LogP contribution < -0.4 is 31.1 Å². The van der Waals surface area contributed by atoms with Crippen LogP contribution in [0.1, 0.15) is 216 Å². The van der Waals surface area contributed by atoms with E-state index in [1.165, 1.54) is 77.7 Å². The Morgan fingerprint density at radius 3 is 1.49 bits per heavy atom. The van der Waals surface area contributed by atoms with E-state index in [0.717, 1.165) is 75.9 Å². The molecule has 0 fully saturated rings. The van der Waals surface area contributed by atoms with Crippen LogP contribution in [0, 0.1) is 13.8 Å². The molecule has 3 aliphatic carbocycles. The summed E-state index contributed by atoms with van der Waals surface area (Å²) in [5.41, 5.74) is 28.4. The van der Waals surface area contributed by atoms with Crippen LogP contribution in [-0.4, -0.2) is 6.71 Å². The molecule has 8 aromatic rings. The molecule has 0 atom stereocenters. The van der Waals surface area contributed by atoms with Crippen LogP contribution in [0.4, 0.5) is 51.2 Å². The predicted molar refractivity (Wildman–Crippen MR) is 364 cm³/mol. The van der Waals surface area contributed by atoms with Crippen LogP contribution in [-0.2, 0) is 43.3 Å². The topological polar surface area (TPSA) is 9.72 Å². The lowest BCUT2D eigenvalue weighted by atomic mass is 9.33. The molecule has 0 bridgehead atoms. The van der Waals surface area contributed by atoms with E-state index in [1.54, 1.807) is 0 Å². The maximum atomic E-state index is 9.48. The molecule has 5 aliphatic rings. The number of hydrogen-bond acceptors (Lipinski definition) is 3. The molecular weight excluding hydrogens is 1010 g/mol. The summed E-state index contributed by atoms with van der Waals surface area (Å²) in [7, 11) is 0. The zero-order valence-corrected chi connectivity index (χ0v) is 54.3. The Kier molecular flexibility index (Phi) is 11.4. The number of nitrogens with zero attached hydrogens (tertiary/aromatic N) is 3. The average Bonchev–Trinajstić information content (AvgIpc) is 1.50. The van der Waals surface area contributed by atoms with Crippen LogP contribution in [0.5, 0.6) is 0 Å². The van der Waals surface area contributed by atoms with Gasteiger partial charge in [-0.3, -0.25) is 0 Å². The molecule has 0 radical (unpaired) electrons. The summed E-state index contributed by atoms with van der Waals surface area (Å²) in [5, 5.41) is 0. The minimum Gasteiger partial charge on any atom is -0.311 e. The molecule has 430 valence electrons. The van der Waals surface area contributed by atoms with Gasteiger partial charge < -0.3 is 14.7 Å². The molecule has 0 unspecified atom stereocenters. The molecule has 0 N–H and O–H groups in total. The molecule has 0 amide bonds. The van der Waals surface area contributed by atoms with Gasteiger partial charge in [-0.1, -0.05) is 198 Å². The molecule has 0 aromatic heterocycles. The molecule has 2 aliphatic heterocycles. The molecule has 8 aromatic carbocycles. The van der Waals surface area contributed by atoms with Crippen molar-refractivity contribution in [3.63, 3.8) is 0 Å². The summed E-state index contributed by atoms with van der Waals surface area (Å²) in [6, 6.07) is 53.9. The quantitative estimate of drug-likeness (QED) is 0.159. The summed E-state index contributed by atoms with van der Waals surface area (Å²) >= 11 is 0. The smallest absolute Gasteiger partial charge is 0.252 e. The van der Waals surface area contributed by atoms with Crippen molar-refractivity contribution in [1.29, 1.82) is 0 Å². The van der Waals surface area contributed by atoms with Crippen LogP contribution in [0.3, 0.4) is 0 Å². The fourth-order valence-corrected chi connectivity index (χ4v) is 16.1. The van der Waals surface area contributed by atoms with E-state index in [9.17, 15) is 4.11 Å². The first kappa shape index (κ1) is 52.8. The fourth-order valence-electron chi connectivity index (χ4n) is 16.1. The number of benzene rings is 8. The summed E-state index contributed by atoms with van der Waals surface area (Å²) < 4.78 is 28.5. The van der Waals surface area contributed by atoms with Gasteiger partial charge in [-0.25, -0.2) is 0 Å². The first-order valence-corrected chi connectivity index (χ1v) is 31.4. The highest BCUT2D eigenvalue weighted by Crippen LogP contribution is 2.57. The Balaban J connectivity index is 1.14. The Bertz CT molecular complexity index is 4110. The molecular formula is C80H92BN3. The van der Waals surface area contributed by atoms with E-state index in [-0.39, 0.29) is 50.0 Å². The van der Waals surface area contributed by atoms with Crippen LogP contribution in [0.2, 0.25) is 0 Å². The van der Waals surface area contributed by atoms with Gasteiger partial charge in [0.05, 0.1) is 0 Å². The maximum absolute atomic E-state index is 9.48. The summed E-state index contributed by atoms with van der Waals surface area (Å²) in [4.78, 5) is 7.39. The second-order valence-electron chi connectivity index (χ2n) is 32.4. The number of aryl methyl sites for hydroxylation is 2. The van der Waals surface area contributed by atoms with E-state index in [0.29, 0.717) is 5.56 Å². The summed E-state index contributed by atoms with van der Waals surface area (Å²) in [5.74, 6) is 0. The molecule has 13 rings (SSSR count). The Morgan fingerprint density at radius 2 is 0.917 bits per heavy atom.